The smallest absolute Gasteiger partial charge is 0.159 e. The summed E-state index contributed by atoms with van der Waals surface area (Å²) in [6.45, 7) is 5.02. The Kier molecular flexibility index (Phi) is 4.08. The molecule has 0 radical (unpaired) electrons. The van der Waals surface area contributed by atoms with Gasteiger partial charge in [-0.3, -0.25) is 0 Å². The highest BCUT2D eigenvalue weighted by molar-refractivity contribution is 5.71. The zero-order chi connectivity index (χ0) is 14.8. The van der Waals surface area contributed by atoms with Crippen molar-refractivity contribution in [2.75, 3.05) is 26.3 Å². The van der Waals surface area contributed by atoms with Crippen molar-refractivity contribution < 1.29 is 4.74 Å². The maximum Gasteiger partial charge on any atom is 0.159 e. The van der Waals surface area contributed by atoms with Gasteiger partial charge in [-0.15, -0.1) is 0 Å². The van der Waals surface area contributed by atoms with E-state index in [1.54, 1.807) is 0 Å². The van der Waals surface area contributed by atoms with Crippen LogP contribution in [0.3, 0.4) is 0 Å². The summed E-state index contributed by atoms with van der Waals surface area (Å²) in [5.74, 6) is 2.51. The Labute approximate surface area is 131 Å². The molecule has 2 aromatic rings. The average molecular weight is 300 g/mol. The molecule has 0 spiro atoms. The van der Waals surface area contributed by atoms with Gasteiger partial charge in [-0.1, -0.05) is 0 Å². The Morgan fingerprint density at radius 3 is 2.82 bits per heavy atom. The van der Waals surface area contributed by atoms with Gasteiger partial charge in [0.1, 0.15) is 11.3 Å². The monoisotopic (exact) mass is 300 g/mol. The first-order valence-corrected chi connectivity index (χ1v) is 8.51. The molecule has 118 valence electrons. The summed E-state index contributed by atoms with van der Waals surface area (Å²) < 4.78 is 7.91. The van der Waals surface area contributed by atoms with Crippen molar-refractivity contribution in [3.05, 3.63) is 24.2 Å². The third-order valence-corrected chi connectivity index (χ3v) is 5.02. The molecule has 0 saturated carbocycles. The summed E-state index contributed by atoms with van der Waals surface area (Å²) in [6, 6.07) is 4.08. The summed E-state index contributed by atoms with van der Waals surface area (Å²) in [5.41, 5.74) is 2.10. The number of hydrogen-bond acceptors (Lipinski definition) is 4. The predicted molar refractivity (Wildman–Crippen MR) is 85.9 cm³/mol. The molecule has 0 aliphatic carbocycles. The Balaban J connectivity index is 1.69. The van der Waals surface area contributed by atoms with Crippen molar-refractivity contribution in [3.8, 4) is 0 Å². The average Bonchev–Trinajstić information content (AvgIpc) is 2.95. The molecule has 5 heteroatoms. The fourth-order valence-electron chi connectivity index (χ4n) is 3.73. The molecule has 0 bridgehead atoms. The Morgan fingerprint density at radius 2 is 2.00 bits per heavy atom. The molecule has 5 nitrogen and oxygen atoms in total. The fourth-order valence-corrected chi connectivity index (χ4v) is 3.73. The molecule has 2 saturated heterocycles. The van der Waals surface area contributed by atoms with Gasteiger partial charge in [-0.05, 0) is 56.8 Å². The number of fused-ring (bicyclic) bond motifs is 1. The Hall–Kier alpha value is -1.46. The molecule has 0 unspecified atom stereocenters. The zero-order valence-corrected chi connectivity index (χ0v) is 13.0. The van der Waals surface area contributed by atoms with Crippen molar-refractivity contribution in [3.63, 3.8) is 0 Å². The quantitative estimate of drug-likeness (QED) is 0.945. The van der Waals surface area contributed by atoms with E-state index >= 15 is 0 Å². The first-order chi connectivity index (χ1) is 10.9. The van der Waals surface area contributed by atoms with E-state index in [1.807, 2.05) is 12.3 Å². The second-order valence-corrected chi connectivity index (χ2v) is 6.51. The minimum absolute atomic E-state index is 0.565. The number of nitrogens with zero attached hydrogens (tertiary/aromatic N) is 3. The van der Waals surface area contributed by atoms with Gasteiger partial charge in [0.2, 0.25) is 0 Å². The summed E-state index contributed by atoms with van der Waals surface area (Å²) in [4.78, 5) is 9.56. The van der Waals surface area contributed by atoms with E-state index in [0.29, 0.717) is 11.8 Å². The number of hydrogen-bond donors (Lipinski definition) is 1. The van der Waals surface area contributed by atoms with Gasteiger partial charge in [-0.25, -0.2) is 9.97 Å². The van der Waals surface area contributed by atoms with E-state index in [2.05, 4.69) is 20.9 Å². The van der Waals surface area contributed by atoms with Crippen LogP contribution in [-0.2, 0) is 11.3 Å². The van der Waals surface area contributed by atoms with Crippen LogP contribution in [0, 0.1) is 5.92 Å². The molecule has 4 rings (SSSR count). The van der Waals surface area contributed by atoms with Gasteiger partial charge in [0.05, 0.1) is 0 Å². The fraction of sp³-hybridized carbons (Fsp3) is 0.647. The Bertz CT molecular complexity index is 627. The van der Waals surface area contributed by atoms with E-state index in [1.165, 1.54) is 18.7 Å². The lowest BCUT2D eigenvalue weighted by Gasteiger charge is -2.26. The number of rotatable bonds is 3. The molecule has 2 aliphatic heterocycles. The van der Waals surface area contributed by atoms with Crippen LogP contribution in [0.4, 0.5) is 0 Å². The van der Waals surface area contributed by atoms with Crippen LogP contribution in [0.5, 0.6) is 0 Å². The van der Waals surface area contributed by atoms with Crippen molar-refractivity contribution in [2.24, 2.45) is 5.92 Å². The minimum Gasteiger partial charge on any atom is -0.381 e. The largest absolute Gasteiger partial charge is 0.381 e. The number of imidazole rings is 1. The molecule has 2 aromatic heterocycles. The maximum absolute atomic E-state index is 5.50. The third-order valence-electron chi connectivity index (χ3n) is 5.02. The number of ether oxygens (including phenoxy) is 1. The maximum atomic E-state index is 5.50. The Morgan fingerprint density at radius 1 is 1.18 bits per heavy atom. The standard InChI is InChI=1S/C17H24N4O/c1-2-15-17(19-7-1)21(12-13-5-10-22-11-6-13)16(20-15)14-3-8-18-9-4-14/h1-2,7,13-14,18H,3-6,8-12H2. The number of piperidine rings is 1. The summed E-state index contributed by atoms with van der Waals surface area (Å²) >= 11 is 0. The first kappa shape index (κ1) is 14.2. The molecular formula is C17H24N4O. The highest BCUT2D eigenvalue weighted by Gasteiger charge is 2.25. The minimum atomic E-state index is 0.565. The summed E-state index contributed by atoms with van der Waals surface area (Å²) in [5, 5.41) is 3.45. The van der Waals surface area contributed by atoms with Crippen LogP contribution < -0.4 is 5.32 Å². The highest BCUT2D eigenvalue weighted by atomic mass is 16.5. The number of nitrogens with one attached hydrogen (secondary N) is 1. The molecule has 0 atom stereocenters. The third kappa shape index (κ3) is 2.75. The second-order valence-electron chi connectivity index (χ2n) is 6.51. The van der Waals surface area contributed by atoms with Crippen molar-refractivity contribution in [1.29, 1.82) is 0 Å². The molecule has 2 aliphatic rings. The number of pyridine rings is 1. The van der Waals surface area contributed by atoms with Crippen LogP contribution >= 0.6 is 0 Å². The summed E-state index contributed by atoms with van der Waals surface area (Å²) in [6.07, 6.45) is 6.54. The van der Waals surface area contributed by atoms with Crippen LogP contribution in [-0.4, -0.2) is 40.8 Å². The van der Waals surface area contributed by atoms with Crippen LogP contribution in [0.2, 0.25) is 0 Å². The van der Waals surface area contributed by atoms with Gasteiger partial charge in [0, 0.05) is 31.9 Å². The first-order valence-electron chi connectivity index (χ1n) is 8.51. The summed E-state index contributed by atoms with van der Waals surface area (Å²) in [7, 11) is 0. The van der Waals surface area contributed by atoms with Gasteiger partial charge in [-0.2, -0.15) is 0 Å². The lowest BCUT2D eigenvalue weighted by atomic mass is 9.96. The zero-order valence-electron chi connectivity index (χ0n) is 13.0. The normalized spacial score (nSPS) is 21.5. The topological polar surface area (TPSA) is 52.0 Å². The lowest BCUT2D eigenvalue weighted by Crippen LogP contribution is -2.29. The van der Waals surface area contributed by atoms with E-state index in [-0.39, 0.29) is 0 Å². The SMILES string of the molecule is c1cnc2c(c1)nc(C1CCNCC1)n2CC1CCOCC1. The van der Waals surface area contributed by atoms with Gasteiger partial charge >= 0.3 is 0 Å². The molecule has 0 amide bonds. The predicted octanol–water partition coefficient (Wildman–Crippen LogP) is 2.32. The van der Waals surface area contributed by atoms with Gasteiger partial charge in [0.25, 0.3) is 0 Å². The van der Waals surface area contributed by atoms with E-state index < -0.39 is 0 Å². The molecule has 1 N–H and O–H groups in total. The molecule has 2 fully saturated rings. The van der Waals surface area contributed by atoms with Crippen molar-refractivity contribution in [2.45, 2.75) is 38.1 Å². The van der Waals surface area contributed by atoms with Crippen LogP contribution in [0.15, 0.2) is 18.3 Å². The number of aromatic nitrogens is 3. The van der Waals surface area contributed by atoms with Crippen molar-refractivity contribution in [1.82, 2.24) is 19.9 Å². The van der Waals surface area contributed by atoms with Crippen molar-refractivity contribution >= 4 is 11.2 Å². The molecule has 0 aromatic carbocycles. The van der Waals surface area contributed by atoms with E-state index in [0.717, 1.165) is 56.9 Å². The molecular weight excluding hydrogens is 276 g/mol. The van der Waals surface area contributed by atoms with Crippen LogP contribution in [0.1, 0.15) is 37.4 Å². The van der Waals surface area contributed by atoms with E-state index in [9.17, 15) is 0 Å². The lowest BCUT2D eigenvalue weighted by molar-refractivity contribution is 0.0611. The highest BCUT2D eigenvalue weighted by Crippen LogP contribution is 2.29. The molecule has 22 heavy (non-hydrogen) atoms. The van der Waals surface area contributed by atoms with E-state index in [4.69, 9.17) is 9.72 Å². The van der Waals surface area contributed by atoms with Gasteiger partial charge in [0.15, 0.2) is 5.65 Å². The van der Waals surface area contributed by atoms with Gasteiger partial charge < -0.3 is 14.6 Å². The second kappa shape index (κ2) is 6.34. The van der Waals surface area contributed by atoms with Crippen LogP contribution in [0.25, 0.3) is 11.2 Å². The molecule has 4 heterocycles.